The van der Waals surface area contributed by atoms with Crippen LogP contribution >= 0.6 is 0 Å². The predicted molar refractivity (Wildman–Crippen MR) is 91.3 cm³/mol. The second-order valence-electron chi connectivity index (χ2n) is 7.12. The molecule has 0 atom stereocenters. The van der Waals surface area contributed by atoms with E-state index in [9.17, 15) is 0 Å². The van der Waals surface area contributed by atoms with Crippen LogP contribution in [0, 0.1) is 5.92 Å². The van der Waals surface area contributed by atoms with Crippen molar-refractivity contribution < 1.29 is 0 Å². The minimum atomic E-state index is 0.629. The maximum atomic E-state index is 2.66. The molecule has 1 aromatic rings. The highest BCUT2D eigenvalue weighted by molar-refractivity contribution is 5.52. The first-order valence-electron chi connectivity index (χ1n) is 8.77. The third kappa shape index (κ3) is 3.60. The molecule has 0 radical (unpaired) electrons. The van der Waals surface area contributed by atoms with E-state index in [1.165, 1.54) is 62.4 Å². The molecular weight excluding hydrogens is 256 g/mol. The quantitative estimate of drug-likeness (QED) is 0.810. The van der Waals surface area contributed by atoms with Crippen molar-refractivity contribution in [2.45, 2.75) is 46.0 Å². The number of hydrogen-bond acceptors (Lipinski definition) is 2. The lowest BCUT2D eigenvalue weighted by Gasteiger charge is -2.36. The van der Waals surface area contributed by atoms with Gasteiger partial charge in [-0.15, -0.1) is 0 Å². The smallest absolute Gasteiger partial charge is 0.0370 e. The largest absolute Gasteiger partial charge is 0.369 e. The zero-order chi connectivity index (χ0) is 14.8. The van der Waals surface area contributed by atoms with Crippen molar-refractivity contribution in [3.8, 4) is 0 Å². The van der Waals surface area contributed by atoms with Crippen LogP contribution in [0.4, 0.5) is 5.69 Å². The Bertz CT molecular complexity index is 468. The molecule has 1 aliphatic heterocycles. The topological polar surface area (TPSA) is 6.48 Å². The first-order chi connectivity index (χ1) is 10.2. The lowest BCUT2D eigenvalue weighted by molar-refractivity contribution is 0.248. The van der Waals surface area contributed by atoms with Gasteiger partial charge in [-0.05, 0) is 54.4 Å². The SMILES string of the molecule is CCc1cc(N2CCN(CC3CC3)CC2)ccc1C(C)C. The highest BCUT2D eigenvalue weighted by Crippen LogP contribution is 2.30. The zero-order valence-electron chi connectivity index (χ0n) is 13.9. The van der Waals surface area contributed by atoms with Crippen molar-refractivity contribution in [1.29, 1.82) is 0 Å². The second-order valence-corrected chi connectivity index (χ2v) is 7.12. The highest BCUT2D eigenvalue weighted by Gasteiger charge is 2.26. The molecule has 2 nitrogen and oxygen atoms in total. The van der Waals surface area contributed by atoms with Gasteiger partial charge < -0.3 is 4.90 Å². The van der Waals surface area contributed by atoms with Crippen LogP contribution in [0.5, 0.6) is 0 Å². The summed E-state index contributed by atoms with van der Waals surface area (Å²) in [5.41, 5.74) is 4.49. The highest BCUT2D eigenvalue weighted by atomic mass is 15.3. The van der Waals surface area contributed by atoms with Crippen LogP contribution in [0.15, 0.2) is 18.2 Å². The Morgan fingerprint density at radius 2 is 1.81 bits per heavy atom. The molecule has 3 rings (SSSR count). The molecule has 0 aromatic heterocycles. The Balaban J connectivity index is 1.64. The second kappa shape index (κ2) is 6.39. The zero-order valence-corrected chi connectivity index (χ0v) is 13.9. The molecule has 2 fully saturated rings. The standard InChI is InChI=1S/C19H30N2/c1-4-17-13-18(7-8-19(17)15(2)3)21-11-9-20(10-12-21)14-16-5-6-16/h7-8,13,15-16H,4-6,9-12,14H2,1-3H3. The average Bonchev–Trinajstić information content (AvgIpc) is 3.31. The minimum Gasteiger partial charge on any atom is -0.369 e. The van der Waals surface area contributed by atoms with E-state index in [1.54, 1.807) is 0 Å². The van der Waals surface area contributed by atoms with Crippen molar-refractivity contribution in [3.63, 3.8) is 0 Å². The van der Waals surface area contributed by atoms with E-state index in [0.717, 1.165) is 12.3 Å². The van der Waals surface area contributed by atoms with E-state index < -0.39 is 0 Å². The molecule has 1 aliphatic carbocycles. The van der Waals surface area contributed by atoms with Crippen molar-refractivity contribution in [3.05, 3.63) is 29.3 Å². The minimum absolute atomic E-state index is 0.629. The van der Waals surface area contributed by atoms with Crippen molar-refractivity contribution in [2.24, 2.45) is 5.92 Å². The van der Waals surface area contributed by atoms with Gasteiger partial charge in [0.05, 0.1) is 0 Å². The van der Waals surface area contributed by atoms with Crippen LogP contribution in [-0.2, 0) is 6.42 Å². The molecule has 1 aromatic carbocycles. The molecule has 0 amide bonds. The molecule has 0 bridgehead atoms. The molecule has 1 saturated carbocycles. The summed E-state index contributed by atoms with van der Waals surface area (Å²) in [7, 11) is 0. The fourth-order valence-electron chi connectivity index (χ4n) is 3.51. The van der Waals surface area contributed by atoms with Crippen LogP contribution in [0.1, 0.15) is 50.7 Å². The lowest BCUT2D eigenvalue weighted by atomic mass is 9.95. The fraction of sp³-hybridized carbons (Fsp3) is 0.684. The van der Waals surface area contributed by atoms with Gasteiger partial charge in [-0.2, -0.15) is 0 Å². The summed E-state index contributed by atoms with van der Waals surface area (Å²) in [6.45, 7) is 13.1. The van der Waals surface area contributed by atoms with Gasteiger partial charge >= 0.3 is 0 Å². The summed E-state index contributed by atoms with van der Waals surface area (Å²) in [6, 6.07) is 7.13. The summed E-state index contributed by atoms with van der Waals surface area (Å²) in [6.07, 6.45) is 4.08. The molecule has 21 heavy (non-hydrogen) atoms. The van der Waals surface area contributed by atoms with E-state index in [2.05, 4.69) is 48.8 Å². The number of piperazine rings is 1. The van der Waals surface area contributed by atoms with Crippen molar-refractivity contribution in [2.75, 3.05) is 37.6 Å². The van der Waals surface area contributed by atoms with Crippen LogP contribution < -0.4 is 4.90 Å². The molecule has 1 heterocycles. The molecule has 2 heteroatoms. The lowest BCUT2D eigenvalue weighted by Crippen LogP contribution is -2.47. The maximum Gasteiger partial charge on any atom is 0.0370 e. The Labute approximate surface area is 130 Å². The van der Waals surface area contributed by atoms with E-state index in [-0.39, 0.29) is 0 Å². The molecular formula is C19H30N2. The monoisotopic (exact) mass is 286 g/mol. The summed E-state index contributed by atoms with van der Waals surface area (Å²) >= 11 is 0. The number of hydrogen-bond donors (Lipinski definition) is 0. The van der Waals surface area contributed by atoms with Crippen LogP contribution in [0.25, 0.3) is 0 Å². The van der Waals surface area contributed by atoms with Crippen LogP contribution in [0.2, 0.25) is 0 Å². The molecule has 1 saturated heterocycles. The van der Waals surface area contributed by atoms with Gasteiger partial charge in [0.25, 0.3) is 0 Å². The predicted octanol–water partition coefficient (Wildman–Crippen LogP) is 3.90. The number of aryl methyl sites for hydroxylation is 1. The van der Waals surface area contributed by atoms with Gasteiger partial charge in [-0.1, -0.05) is 26.8 Å². The van der Waals surface area contributed by atoms with Crippen LogP contribution in [0.3, 0.4) is 0 Å². The molecule has 0 spiro atoms. The van der Waals surface area contributed by atoms with E-state index >= 15 is 0 Å². The summed E-state index contributed by atoms with van der Waals surface area (Å²) in [4.78, 5) is 5.24. The fourth-order valence-corrected chi connectivity index (χ4v) is 3.51. The third-order valence-corrected chi connectivity index (χ3v) is 5.08. The maximum absolute atomic E-state index is 2.66. The first kappa shape index (κ1) is 14.9. The van der Waals surface area contributed by atoms with Crippen LogP contribution in [-0.4, -0.2) is 37.6 Å². The Hall–Kier alpha value is -1.02. The molecule has 2 aliphatic rings. The normalized spacial score (nSPS) is 20.3. The third-order valence-electron chi connectivity index (χ3n) is 5.08. The van der Waals surface area contributed by atoms with Gasteiger partial charge in [0.2, 0.25) is 0 Å². The Kier molecular flexibility index (Phi) is 4.54. The average molecular weight is 286 g/mol. The number of nitrogens with zero attached hydrogens (tertiary/aromatic N) is 2. The van der Waals surface area contributed by atoms with E-state index in [4.69, 9.17) is 0 Å². The molecule has 116 valence electrons. The summed E-state index contributed by atoms with van der Waals surface area (Å²) in [5, 5.41) is 0. The van der Waals surface area contributed by atoms with Gasteiger partial charge in [-0.25, -0.2) is 0 Å². The van der Waals surface area contributed by atoms with Gasteiger partial charge in [0, 0.05) is 38.4 Å². The van der Waals surface area contributed by atoms with Gasteiger partial charge in [-0.3, -0.25) is 4.90 Å². The number of rotatable bonds is 5. The summed E-state index contributed by atoms with van der Waals surface area (Å²) in [5.74, 6) is 1.65. The Morgan fingerprint density at radius 1 is 1.10 bits per heavy atom. The molecule has 0 unspecified atom stereocenters. The molecule has 0 N–H and O–H groups in total. The van der Waals surface area contributed by atoms with Crippen molar-refractivity contribution in [1.82, 2.24) is 4.90 Å². The Morgan fingerprint density at radius 3 is 2.38 bits per heavy atom. The number of benzene rings is 1. The first-order valence-corrected chi connectivity index (χ1v) is 8.77. The van der Waals surface area contributed by atoms with E-state index in [0.29, 0.717) is 5.92 Å². The van der Waals surface area contributed by atoms with Crippen molar-refractivity contribution >= 4 is 5.69 Å². The van der Waals surface area contributed by atoms with Gasteiger partial charge in [0.1, 0.15) is 0 Å². The van der Waals surface area contributed by atoms with Gasteiger partial charge in [0.15, 0.2) is 0 Å². The van der Waals surface area contributed by atoms with E-state index in [1.807, 2.05) is 0 Å². The number of anilines is 1. The summed E-state index contributed by atoms with van der Waals surface area (Å²) < 4.78 is 0.